The Morgan fingerprint density at radius 3 is 2.88 bits per heavy atom. The van der Waals surface area contributed by atoms with Gasteiger partial charge >= 0.3 is 0 Å². The van der Waals surface area contributed by atoms with Crippen LogP contribution < -0.4 is 0 Å². The lowest BCUT2D eigenvalue weighted by Crippen LogP contribution is -2.41. The van der Waals surface area contributed by atoms with Crippen LogP contribution in [0.5, 0.6) is 0 Å². The molecule has 1 saturated heterocycles. The second-order valence-electron chi connectivity index (χ2n) is 6.32. The van der Waals surface area contributed by atoms with Gasteiger partial charge in [-0.25, -0.2) is 14.6 Å². The number of nitrogens with zero attached hydrogens (tertiary/aromatic N) is 5. The van der Waals surface area contributed by atoms with E-state index in [2.05, 4.69) is 15.1 Å². The summed E-state index contributed by atoms with van der Waals surface area (Å²) >= 11 is 6.00. The van der Waals surface area contributed by atoms with E-state index in [1.807, 2.05) is 24.0 Å². The van der Waals surface area contributed by atoms with E-state index in [4.69, 9.17) is 16.0 Å². The van der Waals surface area contributed by atoms with Gasteiger partial charge in [-0.3, -0.25) is 4.79 Å². The zero-order valence-electron chi connectivity index (χ0n) is 13.8. The van der Waals surface area contributed by atoms with Crippen molar-refractivity contribution in [1.82, 2.24) is 24.6 Å². The number of amides is 1. The van der Waals surface area contributed by atoms with Crippen LogP contribution in [-0.2, 0) is 4.79 Å². The molecule has 8 heteroatoms. The van der Waals surface area contributed by atoms with Crippen molar-refractivity contribution in [3.8, 4) is 0 Å². The Hall–Kier alpha value is -2.41. The second kappa shape index (κ2) is 6.48. The van der Waals surface area contributed by atoms with Crippen LogP contribution in [0.3, 0.4) is 0 Å². The lowest BCUT2D eigenvalue weighted by Gasteiger charge is -2.32. The fourth-order valence-electron chi connectivity index (χ4n) is 3.23. The van der Waals surface area contributed by atoms with Crippen molar-refractivity contribution in [3.63, 3.8) is 0 Å². The quantitative estimate of drug-likeness (QED) is 0.718. The van der Waals surface area contributed by atoms with Crippen molar-refractivity contribution >= 4 is 28.6 Å². The summed E-state index contributed by atoms with van der Waals surface area (Å²) in [6.45, 7) is 3.21. The molecule has 3 aromatic rings. The molecule has 0 spiro atoms. The van der Waals surface area contributed by atoms with Crippen LogP contribution in [-0.4, -0.2) is 43.6 Å². The van der Waals surface area contributed by atoms with Gasteiger partial charge < -0.3 is 9.32 Å². The van der Waals surface area contributed by atoms with Crippen molar-refractivity contribution in [1.29, 1.82) is 0 Å². The van der Waals surface area contributed by atoms with E-state index in [0.29, 0.717) is 18.1 Å². The molecule has 1 fully saturated rings. The first-order chi connectivity index (χ1) is 12.1. The van der Waals surface area contributed by atoms with Gasteiger partial charge in [0.05, 0.1) is 0 Å². The van der Waals surface area contributed by atoms with Gasteiger partial charge in [-0.1, -0.05) is 11.6 Å². The molecule has 1 aliphatic rings. The van der Waals surface area contributed by atoms with E-state index in [-0.39, 0.29) is 17.9 Å². The zero-order chi connectivity index (χ0) is 17.4. The molecule has 4 rings (SSSR count). The Kier molecular flexibility index (Phi) is 4.17. The minimum atomic E-state index is -0.342. The number of hydrogen-bond acceptors (Lipinski definition) is 5. The van der Waals surface area contributed by atoms with E-state index >= 15 is 0 Å². The van der Waals surface area contributed by atoms with Crippen molar-refractivity contribution in [2.24, 2.45) is 0 Å². The zero-order valence-corrected chi connectivity index (χ0v) is 14.6. The maximum absolute atomic E-state index is 12.6. The van der Waals surface area contributed by atoms with E-state index in [0.717, 1.165) is 29.8 Å². The Morgan fingerprint density at radius 2 is 2.16 bits per heavy atom. The molecule has 0 radical (unpaired) electrons. The van der Waals surface area contributed by atoms with Crippen molar-refractivity contribution < 1.29 is 9.21 Å². The van der Waals surface area contributed by atoms with Crippen LogP contribution in [0.1, 0.15) is 37.6 Å². The number of oxazole rings is 1. The highest BCUT2D eigenvalue weighted by atomic mass is 35.5. The summed E-state index contributed by atoms with van der Waals surface area (Å²) in [4.78, 5) is 22.9. The Morgan fingerprint density at radius 1 is 1.36 bits per heavy atom. The van der Waals surface area contributed by atoms with Gasteiger partial charge in [-0.15, -0.1) is 0 Å². The molecule has 1 aromatic carbocycles. The first-order valence-corrected chi connectivity index (χ1v) is 8.68. The molecule has 7 nitrogen and oxygen atoms in total. The van der Waals surface area contributed by atoms with E-state index < -0.39 is 0 Å². The van der Waals surface area contributed by atoms with Crippen LogP contribution in [0.4, 0.5) is 0 Å². The summed E-state index contributed by atoms with van der Waals surface area (Å²) in [5, 5.41) is 4.70. The third-order valence-electron chi connectivity index (χ3n) is 4.71. The van der Waals surface area contributed by atoms with Crippen molar-refractivity contribution in [2.45, 2.75) is 31.7 Å². The minimum Gasteiger partial charge on any atom is -0.440 e. The Balaban J connectivity index is 1.43. The van der Waals surface area contributed by atoms with Crippen molar-refractivity contribution in [3.05, 3.63) is 41.8 Å². The normalized spacial score (nSPS) is 17.1. The van der Waals surface area contributed by atoms with E-state index in [1.165, 1.54) is 6.33 Å². The van der Waals surface area contributed by atoms with Gasteiger partial charge in [0.2, 0.25) is 5.91 Å². The lowest BCUT2D eigenvalue weighted by molar-refractivity contribution is -0.135. The third kappa shape index (κ3) is 3.11. The highest BCUT2D eigenvalue weighted by Gasteiger charge is 2.29. The number of carbonyl (C=O) groups excluding carboxylic acids is 1. The average molecular weight is 360 g/mol. The van der Waals surface area contributed by atoms with E-state index in [1.54, 1.807) is 17.1 Å². The summed E-state index contributed by atoms with van der Waals surface area (Å²) in [5.74, 6) is 1.01. The summed E-state index contributed by atoms with van der Waals surface area (Å²) < 4.78 is 7.45. The van der Waals surface area contributed by atoms with Crippen LogP contribution in [0.15, 0.2) is 35.3 Å². The predicted molar refractivity (Wildman–Crippen MR) is 92.3 cm³/mol. The number of halogens is 1. The molecule has 0 saturated carbocycles. The molecule has 2 aromatic heterocycles. The monoisotopic (exact) mass is 359 g/mol. The van der Waals surface area contributed by atoms with Crippen LogP contribution >= 0.6 is 11.6 Å². The number of fused-ring (bicyclic) bond motifs is 1. The molecule has 0 unspecified atom stereocenters. The minimum absolute atomic E-state index is 0.0632. The number of rotatable bonds is 3. The highest BCUT2D eigenvalue weighted by molar-refractivity contribution is 6.31. The maximum Gasteiger partial charge on any atom is 0.247 e. The molecule has 25 heavy (non-hydrogen) atoms. The van der Waals surface area contributed by atoms with Crippen LogP contribution in [0.2, 0.25) is 5.02 Å². The molecule has 1 aliphatic heterocycles. The fraction of sp³-hybridized carbons (Fsp3) is 0.412. The highest BCUT2D eigenvalue weighted by Crippen LogP contribution is 2.31. The molecular formula is C17H18ClN5O2. The first-order valence-electron chi connectivity index (χ1n) is 8.30. The lowest BCUT2D eigenvalue weighted by atomic mass is 9.96. The standard InChI is InChI=1S/C17H18ClN5O2/c1-11(23-10-19-9-20-23)17(24)22-6-4-12(5-7-22)16-21-14-8-13(18)2-3-15(14)25-16/h2-3,8-12H,4-7H2,1H3/t11-/m1/s1. The number of benzene rings is 1. The SMILES string of the molecule is C[C@H](C(=O)N1CCC(c2nc3cc(Cl)ccc3o2)CC1)n1cncn1. The first kappa shape index (κ1) is 16.1. The fourth-order valence-corrected chi connectivity index (χ4v) is 3.40. The molecule has 1 atom stereocenters. The van der Waals surface area contributed by atoms with Crippen molar-refractivity contribution in [2.75, 3.05) is 13.1 Å². The smallest absolute Gasteiger partial charge is 0.247 e. The predicted octanol–water partition coefficient (Wildman–Crippen LogP) is 3.04. The molecular weight excluding hydrogens is 342 g/mol. The molecule has 0 bridgehead atoms. The van der Waals surface area contributed by atoms with Gasteiger partial charge in [0.25, 0.3) is 0 Å². The second-order valence-corrected chi connectivity index (χ2v) is 6.75. The average Bonchev–Trinajstić information content (AvgIpc) is 3.30. The number of piperidine rings is 1. The van der Waals surface area contributed by atoms with Gasteiger partial charge in [0, 0.05) is 24.0 Å². The van der Waals surface area contributed by atoms with Gasteiger partial charge in [0.1, 0.15) is 24.2 Å². The van der Waals surface area contributed by atoms with Crippen LogP contribution in [0, 0.1) is 0 Å². The largest absolute Gasteiger partial charge is 0.440 e. The number of aromatic nitrogens is 4. The number of likely N-dealkylation sites (tertiary alicyclic amines) is 1. The number of carbonyl (C=O) groups is 1. The third-order valence-corrected chi connectivity index (χ3v) is 4.95. The van der Waals surface area contributed by atoms with E-state index in [9.17, 15) is 4.79 Å². The molecule has 130 valence electrons. The summed E-state index contributed by atoms with van der Waals surface area (Å²) in [6, 6.07) is 5.10. The van der Waals surface area contributed by atoms with Crippen LogP contribution in [0.25, 0.3) is 11.1 Å². The van der Waals surface area contributed by atoms with Gasteiger partial charge in [-0.05, 0) is 38.0 Å². The summed E-state index contributed by atoms with van der Waals surface area (Å²) in [7, 11) is 0. The maximum atomic E-state index is 12.6. The molecule has 3 heterocycles. The van der Waals surface area contributed by atoms with Gasteiger partial charge in [0.15, 0.2) is 11.5 Å². The summed E-state index contributed by atoms with van der Waals surface area (Å²) in [5.41, 5.74) is 1.53. The van der Waals surface area contributed by atoms with Gasteiger partial charge in [-0.2, -0.15) is 5.10 Å². The Bertz CT molecular complexity index is 884. The molecule has 1 amide bonds. The Labute approximate surface area is 149 Å². The number of hydrogen-bond donors (Lipinski definition) is 0. The molecule has 0 N–H and O–H groups in total. The topological polar surface area (TPSA) is 77.0 Å². The molecule has 0 aliphatic carbocycles. The summed E-state index contributed by atoms with van der Waals surface area (Å²) in [6.07, 6.45) is 4.67.